The lowest BCUT2D eigenvalue weighted by Gasteiger charge is -2.32. The smallest absolute Gasteiger partial charge is 0.254 e. The molecule has 3 aromatic carbocycles. The largest absolute Gasteiger partial charge is 0.338 e. The van der Waals surface area contributed by atoms with Crippen molar-refractivity contribution in [3.8, 4) is 0 Å². The molecule has 3 aromatic rings. The van der Waals surface area contributed by atoms with E-state index in [1.54, 1.807) is 0 Å². The molecule has 174 valence electrons. The highest BCUT2D eigenvalue weighted by Gasteiger charge is 2.29. The van der Waals surface area contributed by atoms with E-state index in [1.807, 2.05) is 76.5 Å². The van der Waals surface area contributed by atoms with Crippen molar-refractivity contribution in [2.45, 2.75) is 32.2 Å². The first-order valence-electron chi connectivity index (χ1n) is 12.0. The number of rotatable bonds is 5. The summed E-state index contributed by atoms with van der Waals surface area (Å²) in [6, 6.07) is 21.4. The van der Waals surface area contributed by atoms with Crippen LogP contribution in [0.15, 0.2) is 66.7 Å². The number of fused-ring (bicyclic) bond motifs is 1. The van der Waals surface area contributed by atoms with E-state index >= 15 is 0 Å². The number of amides is 3. The van der Waals surface area contributed by atoms with Crippen molar-refractivity contribution in [1.29, 1.82) is 0 Å². The van der Waals surface area contributed by atoms with Crippen molar-refractivity contribution < 1.29 is 14.4 Å². The number of anilines is 1. The number of carbonyl (C=O) groups is 3. The fourth-order valence-electron chi connectivity index (χ4n) is 5.04. The molecule has 6 heteroatoms. The fourth-order valence-corrected chi connectivity index (χ4v) is 5.04. The third-order valence-corrected chi connectivity index (χ3v) is 6.84. The number of likely N-dealkylation sites (tertiary alicyclic amines) is 2. The summed E-state index contributed by atoms with van der Waals surface area (Å²) in [4.78, 5) is 42.0. The maximum Gasteiger partial charge on any atom is 0.254 e. The van der Waals surface area contributed by atoms with Crippen LogP contribution in [0.5, 0.6) is 0 Å². The summed E-state index contributed by atoms with van der Waals surface area (Å²) >= 11 is 0. The van der Waals surface area contributed by atoms with Crippen LogP contribution in [0.3, 0.4) is 0 Å². The number of nitrogens with one attached hydrogen (secondary N) is 1. The van der Waals surface area contributed by atoms with Crippen LogP contribution in [-0.2, 0) is 16.1 Å². The number of benzene rings is 3. The third kappa shape index (κ3) is 4.67. The van der Waals surface area contributed by atoms with Gasteiger partial charge in [0.2, 0.25) is 11.8 Å². The average Bonchev–Trinajstić information content (AvgIpc) is 3.27. The molecular weight excluding hydrogens is 426 g/mol. The molecule has 0 aliphatic carbocycles. The summed E-state index contributed by atoms with van der Waals surface area (Å²) in [7, 11) is 0. The molecule has 1 atom stereocenters. The molecule has 2 fully saturated rings. The van der Waals surface area contributed by atoms with Gasteiger partial charge in [-0.25, -0.2) is 0 Å². The van der Waals surface area contributed by atoms with E-state index in [2.05, 4.69) is 5.32 Å². The first kappa shape index (κ1) is 22.1. The van der Waals surface area contributed by atoms with Gasteiger partial charge in [-0.05, 0) is 53.8 Å². The predicted octanol–water partition coefficient (Wildman–Crippen LogP) is 4.45. The van der Waals surface area contributed by atoms with E-state index in [4.69, 9.17) is 0 Å². The number of piperidine rings is 1. The zero-order valence-electron chi connectivity index (χ0n) is 19.2. The average molecular weight is 456 g/mol. The summed E-state index contributed by atoms with van der Waals surface area (Å²) in [6.07, 6.45) is 3.08. The summed E-state index contributed by atoms with van der Waals surface area (Å²) in [5.74, 6) is -0.152. The SMILES string of the molecule is O=C(Nc1cccc(CN2CCCC2=O)c1)C1CCCN(C(=O)c2cccc3ccccc23)C1. The Morgan fingerprint density at radius 3 is 2.62 bits per heavy atom. The second kappa shape index (κ2) is 9.67. The quantitative estimate of drug-likeness (QED) is 0.618. The van der Waals surface area contributed by atoms with Gasteiger partial charge in [0.05, 0.1) is 5.92 Å². The Morgan fingerprint density at radius 2 is 1.76 bits per heavy atom. The number of hydrogen-bond donors (Lipinski definition) is 1. The Balaban J connectivity index is 1.25. The molecule has 5 rings (SSSR count). The number of carbonyl (C=O) groups excluding carboxylic acids is 3. The van der Waals surface area contributed by atoms with Crippen LogP contribution in [0.4, 0.5) is 5.69 Å². The Kier molecular flexibility index (Phi) is 6.30. The van der Waals surface area contributed by atoms with Gasteiger partial charge in [-0.1, -0.05) is 48.5 Å². The Morgan fingerprint density at radius 1 is 0.941 bits per heavy atom. The highest BCUT2D eigenvalue weighted by atomic mass is 16.2. The Labute approximate surface area is 199 Å². The molecule has 1 N–H and O–H groups in total. The van der Waals surface area contributed by atoms with Gasteiger partial charge in [0.15, 0.2) is 0 Å². The molecule has 34 heavy (non-hydrogen) atoms. The normalized spacial score (nSPS) is 18.4. The predicted molar refractivity (Wildman–Crippen MR) is 132 cm³/mol. The van der Waals surface area contributed by atoms with Crippen LogP contribution in [0.1, 0.15) is 41.6 Å². The van der Waals surface area contributed by atoms with Crippen molar-refractivity contribution in [1.82, 2.24) is 9.80 Å². The molecule has 2 heterocycles. The standard InChI is InChI=1S/C28H29N3O3/c32-26-14-6-15-30(26)18-20-7-3-11-23(17-20)29-27(33)22-10-5-16-31(19-22)28(34)25-13-4-9-21-8-1-2-12-24(21)25/h1-4,7-9,11-13,17,22H,5-6,10,14-16,18-19H2,(H,29,33). The first-order chi connectivity index (χ1) is 16.6. The lowest BCUT2D eigenvalue weighted by atomic mass is 9.95. The number of nitrogens with zero attached hydrogens (tertiary/aromatic N) is 2. The lowest BCUT2D eigenvalue weighted by Crippen LogP contribution is -2.43. The molecule has 0 bridgehead atoms. The van der Waals surface area contributed by atoms with E-state index in [0.717, 1.165) is 47.8 Å². The van der Waals surface area contributed by atoms with Crippen LogP contribution in [0.25, 0.3) is 10.8 Å². The molecule has 2 aliphatic rings. The minimum absolute atomic E-state index is 0.0217. The van der Waals surface area contributed by atoms with Crippen LogP contribution in [-0.4, -0.2) is 47.2 Å². The van der Waals surface area contributed by atoms with E-state index in [-0.39, 0.29) is 23.6 Å². The molecule has 0 aromatic heterocycles. The topological polar surface area (TPSA) is 69.7 Å². The van der Waals surface area contributed by atoms with Crippen molar-refractivity contribution in [3.05, 3.63) is 77.9 Å². The van der Waals surface area contributed by atoms with E-state index in [9.17, 15) is 14.4 Å². The molecule has 2 aliphatic heterocycles. The van der Waals surface area contributed by atoms with Crippen LogP contribution >= 0.6 is 0 Å². The van der Waals surface area contributed by atoms with Gasteiger partial charge < -0.3 is 15.1 Å². The maximum absolute atomic E-state index is 13.3. The minimum Gasteiger partial charge on any atom is -0.338 e. The zero-order valence-corrected chi connectivity index (χ0v) is 19.2. The molecule has 1 unspecified atom stereocenters. The Bertz CT molecular complexity index is 1230. The van der Waals surface area contributed by atoms with Crippen molar-refractivity contribution >= 4 is 34.2 Å². The van der Waals surface area contributed by atoms with Gasteiger partial charge in [-0.2, -0.15) is 0 Å². The van der Waals surface area contributed by atoms with Gasteiger partial charge in [-0.15, -0.1) is 0 Å². The highest BCUT2D eigenvalue weighted by molar-refractivity contribution is 6.07. The van der Waals surface area contributed by atoms with Crippen LogP contribution in [0, 0.1) is 5.92 Å². The monoisotopic (exact) mass is 455 g/mol. The molecule has 0 radical (unpaired) electrons. The summed E-state index contributed by atoms with van der Waals surface area (Å²) < 4.78 is 0. The zero-order chi connectivity index (χ0) is 23.5. The van der Waals surface area contributed by atoms with E-state index in [1.165, 1.54) is 0 Å². The van der Waals surface area contributed by atoms with Crippen molar-refractivity contribution in [2.24, 2.45) is 5.92 Å². The van der Waals surface area contributed by atoms with Gasteiger partial charge in [0, 0.05) is 43.9 Å². The molecule has 6 nitrogen and oxygen atoms in total. The van der Waals surface area contributed by atoms with Gasteiger partial charge in [-0.3, -0.25) is 14.4 Å². The number of hydrogen-bond acceptors (Lipinski definition) is 3. The lowest BCUT2D eigenvalue weighted by molar-refractivity contribution is -0.128. The second-order valence-corrected chi connectivity index (χ2v) is 9.23. The van der Waals surface area contributed by atoms with Crippen molar-refractivity contribution in [2.75, 3.05) is 25.0 Å². The maximum atomic E-state index is 13.3. The first-order valence-corrected chi connectivity index (χ1v) is 12.0. The third-order valence-electron chi connectivity index (χ3n) is 6.84. The molecular formula is C28H29N3O3. The summed E-state index contributed by atoms with van der Waals surface area (Å²) in [6.45, 7) is 2.43. The van der Waals surface area contributed by atoms with Gasteiger partial charge in [0.1, 0.15) is 0 Å². The molecule has 0 spiro atoms. The highest BCUT2D eigenvalue weighted by Crippen LogP contribution is 2.25. The van der Waals surface area contributed by atoms with Crippen LogP contribution in [0.2, 0.25) is 0 Å². The fraction of sp³-hybridized carbons (Fsp3) is 0.321. The summed E-state index contributed by atoms with van der Waals surface area (Å²) in [5, 5.41) is 5.01. The van der Waals surface area contributed by atoms with Crippen molar-refractivity contribution in [3.63, 3.8) is 0 Å². The molecule has 3 amide bonds. The second-order valence-electron chi connectivity index (χ2n) is 9.23. The van der Waals surface area contributed by atoms with Gasteiger partial charge >= 0.3 is 0 Å². The summed E-state index contributed by atoms with van der Waals surface area (Å²) in [5.41, 5.74) is 2.42. The van der Waals surface area contributed by atoms with Gasteiger partial charge in [0.25, 0.3) is 5.91 Å². The minimum atomic E-state index is -0.253. The molecule has 2 saturated heterocycles. The Hall–Kier alpha value is -3.67. The van der Waals surface area contributed by atoms with E-state index < -0.39 is 0 Å². The molecule has 0 saturated carbocycles. The van der Waals surface area contributed by atoms with E-state index in [0.29, 0.717) is 31.6 Å². The van der Waals surface area contributed by atoms with Crippen LogP contribution < -0.4 is 5.32 Å².